The molecule has 2 aromatic rings. The molecule has 0 fully saturated rings. The van der Waals surface area contributed by atoms with Crippen molar-refractivity contribution in [3.63, 3.8) is 0 Å². The van der Waals surface area contributed by atoms with Crippen LogP contribution in [0.5, 0.6) is 5.75 Å². The van der Waals surface area contributed by atoms with Crippen molar-refractivity contribution in [2.45, 2.75) is 25.4 Å². The average Bonchev–Trinajstić information content (AvgIpc) is 2.59. The average molecular weight is 331 g/mol. The fourth-order valence-corrected chi connectivity index (χ4v) is 2.43. The van der Waals surface area contributed by atoms with E-state index in [2.05, 4.69) is 5.32 Å². The van der Waals surface area contributed by atoms with Crippen LogP contribution in [-0.4, -0.2) is 24.7 Å². The molecule has 0 aromatic heterocycles. The Bertz CT molecular complexity index is 675. The number of ether oxygens (including phenoxy) is 1. The summed E-state index contributed by atoms with van der Waals surface area (Å²) < 4.78 is 18.3. The van der Waals surface area contributed by atoms with E-state index in [1.54, 1.807) is 13.2 Å². The van der Waals surface area contributed by atoms with Crippen molar-refractivity contribution in [3.05, 3.63) is 65.5 Å². The van der Waals surface area contributed by atoms with Gasteiger partial charge in [0.15, 0.2) is 0 Å². The van der Waals surface area contributed by atoms with Crippen molar-refractivity contribution >= 4 is 5.91 Å². The topological polar surface area (TPSA) is 58.6 Å². The van der Waals surface area contributed by atoms with Crippen LogP contribution in [0.1, 0.15) is 30.1 Å². The van der Waals surface area contributed by atoms with Gasteiger partial charge >= 0.3 is 0 Å². The minimum absolute atomic E-state index is 0.0807. The molecular formula is C19H22FNO3. The highest BCUT2D eigenvalue weighted by atomic mass is 19.1. The van der Waals surface area contributed by atoms with Gasteiger partial charge in [-0.2, -0.15) is 0 Å². The van der Waals surface area contributed by atoms with E-state index in [9.17, 15) is 14.3 Å². The second kappa shape index (κ2) is 9.03. The van der Waals surface area contributed by atoms with E-state index < -0.39 is 11.9 Å². The minimum atomic E-state index is -1.00. The maximum absolute atomic E-state index is 13.1. The van der Waals surface area contributed by atoms with Gasteiger partial charge in [0.1, 0.15) is 11.6 Å². The van der Waals surface area contributed by atoms with Gasteiger partial charge in [0, 0.05) is 6.54 Å². The molecule has 0 spiro atoms. The molecule has 0 saturated heterocycles. The molecule has 1 atom stereocenters. The predicted octanol–water partition coefficient (Wildman–Crippen LogP) is 3.01. The Hall–Kier alpha value is -2.40. The third-order valence-electron chi connectivity index (χ3n) is 3.71. The standard InChI is InChI=1S/C19H22FNO3/c1-24-17-9-2-5-14(11-17)6-4-10-21-19(23)13-18(22)15-7-3-8-16(20)12-15/h2-3,5,7-9,11-12,18,22H,4,6,10,13H2,1H3,(H,21,23). The number of hydrogen-bond donors (Lipinski definition) is 2. The molecule has 2 N–H and O–H groups in total. The first-order valence-corrected chi connectivity index (χ1v) is 7.91. The summed E-state index contributed by atoms with van der Waals surface area (Å²) in [7, 11) is 1.63. The van der Waals surface area contributed by atoms with Crippen LogP contribution in [0, 0.1) is 5.82 Å². The molecule has 4 nitrogen and oxygen atoms in total. The van der Waals surface area contributed by atoms with Gasteiger partial charge < -0.3 is 15.2 Å². The molecule has 0 bridgehead atoms. The molecule has 5 heteroatoms. The second-order valence-electron chi connectivity index (χ2n) is 5.58. The van der Waals surface area contributed by atoms with Crippen molar-refractivity contribution in [2.75, 3.05) is 13.7 Å². The van der Waals surface area contributed by atoms with Crippen LogP contribution in [0.4, 0.5) is 4.39 Å². The van der Waals surface area contributed by atoms with E-state index in [0.29, 0.717) is 12.1 Å². The highest BCUT2D eigenvalue weighted by molar-refractivity contribution is 5.76. The van der Waals surface area contributed by atoms with Crippen LogP contribution < -0.4 is 10.1 Å². The Labute approximate surface area is 141 Å². The fourth-order valence-electron chi connectivity index (χ4n) is 2.43. The van der Waals surface area contributed by atoms with E-state index in [1.807, 2.05) is 24.3 Å². The number of aliphatic hydroxyl groups excluding tert-OH is 1. The van der Waals surface area contributed by atoms with Gasteiger partial charge in [-0.05, 0) is 48.2 Å². The molecule has 1 amide bonds. The quantitative estimate of drug-likeness (QED) is 0.731. The van der Waals surface area contributed by atoms with Crippen molar-refractivity contribution in [1.29, 1.82) is 0 Å². The predicted molar refractivity (Wildman–Crippen MR) is 90.3 cm³/mol. The zero-order valence-corrected chi connectivity index (χ0v) is 13.7. The first-order valence-electron chi connectivity index (χ1n) is 7.91. The third-order valence-corrected chi connectivity index (χ3v) is 3.71. The smallest absolute Gasteiger partial charge is 0.222 e. The number of aliphatic hydroxyl groups is 1. The Kier molecular flexibility index (Phi) is 6.75. The van der Waals surface area contributed by atoms with Gasteiger partial charge in [-0.15, -0.1) is 0 Å². The maximum Gasteiger partial charge on any atom is 0.222 e. The molecule has 128 valence electrons. The van der Waals surface area contributed by atoms with Crippen molar-refractivity contribution in [3.8, 4) is 5.75 Å². The van der Waals surface area contributed by atoms with E-state index in [-0.39, 0.29) is 12.3 Å². The molecule has 0 aliphatic rings. The largest absolute Gasteiger partial charge is 0.497 e. The summed E-state index contributed by atoms with van der Waals surface area (Å²) >= 11 is 0. The Morgan fingerprint density at radius 1 is 1.25 bits per heavy atom. The molecule has 0 saturated carbocycles. The summed E-state index contributed by atoms with van der Waals surface area (Å²) in [5, 5.41) is 12.7. The van der Waals surface area contributed by atoms with Crippen LogP contribution in [0.2, 0.25) is 0 Å². The number of carbonyl (C=O) groups is 1. The molecule has 0 heterocycles. The van der Waals surface area contributed by atoms with Gasteiger partial charge in [-0.3, -0.25) is 4.79 Å². The molecular weight excluding hydrogens is 309 g/mol. The summed E-state index contributed by atoms with van der Waals surface area (Å²) in [6.07, 6.45) is 0.528. The Morgan fingerprint density at radius 3 is 2.79 bits per heavy atom. The lowest BCUT2D eigenvalue weighted by atomic mass is 10.1. The van der Waals surface area contributed by atoms with Gasteiger partial charge in [-0.1, -0.05) is 24.3 Å². The number of benzene rings is 2. The lowest BCUT2D eigenvalue weighted by molar-refractivity contribution is -0.123. The molecule has 0 aliphatic heterocycles. The summed E-state index contributed by atoms with van der Waals surface area (Å²) in [6.45, 7) is 0.520. The minimum Gasteiger partial charge on any atom is -0.497 e. The summed E-state index contributed by atoms with van der Waals surface area (Å²) in [5.41, 5.74) is 1.55. The highest BCUT2D eigenvalue weighted by Gasteiger charge is 2.13. The third kappa shape index (κ3) is 5.66. The first-order chi connectivity index (χ1) is 11.6. The van der Waals surface area contributed by atoms with Crippen molar-refractivity contribution in [1.82, 2.24) is 5.32 Å². The number of amides is 1. The number of aryl methyl sites for hydroxylation is 1. The second-order valence-corrected chi connectivity index (χ2v) is 5.58. The molecule has 0 radical (unpaired) electrons. The number of nitrogens with one attached hydrogen (secondary N) is 1. The normalized spacial score (nSPS) is 11.8. The zero-order chi connectivity index (χ0) is 17.4. The van der Waals surface area contributed by atoms with Crippen LogP contribution in [0.3, 0.4) is 0 Å². The van der Waals surface area contributed by atoms with E-state index in [1.165, 1.54) is 18.2 Å². The monoisotopic (exact) mass is 331 g/mol. The van der Waals surface area contributed by atoms with Crippen LogP contribution in [-0.2, 0) is 11.2 Å². The number of halogens is 1. The SMILES string of the molecule is COc1cccc(CCCNC(=O)CC(O)c2cccc(F)c2)c1. The highest BCUT2D eigenvalue weighted by Crippen LogP contribution is 2.17. The zero-order valence-electron chi connectivity index (χ0n) is 13.7. The van der Waals surface area contributed by atoms with Gasteiger partial charge in [0.2, 0.25) is 5.91 Å². The van der Waals surface area contributed by atoms with Crippen molar-refractivity contribution in [2.24, 2.45) is 0 Å². The molecule has 2 aromatic carbocycles. The number of methoxy groups -OCH3 is 1. The van der Waals surface area contributed by atoms with Crippen LogP contribution in [0.15, 0.2) is 48.5 Å². The number of carbonyl (C=O) groups excluding carboxylic acids is 1. The van der Waals surface area contributed by atoms with E-state index in [4.69, 9.17) is 4.74 Å². The van der Waals surface area contributed by atoms with Gasteiger partial charge in [-0.25, -0.2) is 4.39 Å². The Balaban J connectivity index is 1.71. The fraction of sp³-hybridized carbons (Fsp3) is 0.316. The van der Waals surface area contributed by atoms with Crippen LogP contribution >= 0.6 is 0 Å². The van der Waals surface area contributed by atoms with Gasteiger partial charge in [0.05, 0.1) is 19.6 Å². The Morgan fingerprint density at radius 2 is 2.04 bits per heavy atom. The summed E-state index contributed by atoms with van der Waals surface area (Å²) in [4.78, 5) is 11.8. The molecule has 24 heavy (non-hydrogen) atoms. The van der Waals surface area contributed by atoms with E-state index >= 15 is 0 Å². The maximum atomic E-state index is 13.1. The summed E-state index contributed by atoms with van der Waals surface area (Å²) in [5.74, 6) is 0.136. The molecule has 0 aliphatic carbocycles. The molecule has 1 unspecified atom stereocenters. The lowest BCUT2D eigenvalue weighted by Crippen LogP contribution is -2.26. The number of hydrogen-bond acceptors (Lipinski definition) is 3. The first kappa shape index (κ1) is 17.9. The van der Waals surface area contributed by atoms with E-state index in [0.717, 1.165) is 24.2 Å². The molecule has 2 rings (SSSR count). The number of rotatable bonds is 8. The van der Waals surface area contributed by atoms with Gasteiger partial charge in [0.25, 0.3) is 0 Å². The summed E-state index contributed by atoms with van der Waals surface area (Å²) in [6, 6.07) is 13.5. The van der Waals surface area contributed by atoms with Crippen molar-refractivity contribution < 1.29 is 19.0 Å². The van der Waals surface area contributed by atoms with Crippen LogP contribution in [0.25, 0.3) is 0 Å². The lowest BCUT2D eigenvalue weighted by Gasteiger charge is -2.11.